The fourth-order valence-corrected chi connectivity index (χ4v) is 3.57. The Bertz CT molecular complexity index is 1190. The van der Waals surface area contributed by atoms with Crippen molar-refractivity contribution < 1.29 is 9.21 Å². The Kier molecular flexibility index (Phi) is 5.17. The van der Waals surface area contributed by atoms with Crippen molar-refractivity contribution >= 4 is 22.4 Å². The first-order chi connectivity index (χ1) is 14.3. The summed E-state index contributed by atoms with van der Waals surface area (Å²) in [6.07, 6.45) is 0. The smallest absolute Gasteiger partial charge is 0.257 e. The zero-order valence-electron chi connectivity index (χ0n) is 17.1. The number of anilines is 1. The Labute approximate surface area is 178 Å². The van der Waals surface area contributed by atoms with Crippen LogP contribution in [0.1, 0.15) is 41.7 Å². The number of carbonyl (C=O) groups is 1. The normalized spacial score (nSPS) is 11.5. The first-order valence-corrected chi connectivity index (χ1v) is 10.3. The van der Waals surface area contributed by atoms with Crippen molar-refractivity contribution in [1.82, 2.24) is 20.4 Å². The van der Waals surface area contributed by atoms with Gasteiger partial charge in [-0.05, 0) is 42.8 Å². The van der Waals surface area contributed by atoms with Gasteiger partial charge in [-0.25, -0.2) is 0 Å². The van der Waals surface area contributed by atoms with Gasteiger partial charge in [0.25, 0.3) is 5.91 Å². The summed E-state index contributed by atoms with van der Waals surface area (Å²) in [5.41, 5.74) is 3.10. The van der Waals surface area contributed by atoms with Crippen LogP contribution in [0.25, 0.3) is 22.9 Å². The summed E-state index contributed by atoms with van der Waals surface area (Å²) in [6, 6.07) is 14.8. The Balaban J connectivity index is 1.49. The molecule has 30 heavy (non-hydrogen) atoms. The molecule has 0 bridgehead atoms. The molecule has 2 aromatic carbocycles. The van der Waals surface area contributed by atoms with E-state index in [4.69, 9.17) is 4.42 Å². The third-order valence-electron chi connectivity index (χ3n) is 4.48. The van der Waals surface area contributed by atoms with Gasteiger partial charge in [0, 0.05) is 22.1 Å². The van der Waals surface area contributed by atoms with Gasteiger partial charge < -0.3 is 4.42 Å². The van der Waals surface area contributed by atoms with Crippen LogP contribution in [0.3, 0.4) is 0 Å². The van der Waals surface area contributed by atoms with Crippen molar-refractivity contribution in [2.75, 3.05) is 5.32 Å². The van der Waals surface area contributed by atoms with Gasteiger partial charge in [-0.15, -0.1) is 20.4 Å². The quantitative estimate of drug-likeness (QED) is 0.494. The van der Waals surface area contributed by atoms with E-state index in [-0.39, 0.29) is 11.3 Å². The van der Waals surface area contributed by atoms with Crippen molar-refractivity contribution in [3.05, 3.63) is 64.7 Å². The average Bonchev–Trinajstić information content (AvgIpc) is 3.38. The highest BCUT2D eigenvalue weighted by Gasteiger charge is 2.20. The highest BCUT2D eigenvalue weighted by molar-refractivity contribution is 7.15. The molecule has 0 atom stereocenters. The van der Waals surface area contributed by atoms with E-state index < -0.39 is 0 Å². The van der Waals surface area contributed by atoms with Gasteiger partial charge >= 0.3 is 0 Å². The molecular weight excluding hydrogens is 398 g/mol. The largest absolute Gasteiger partial charge is 0.416 e. The lowest BCUT2D eigenvalue weighted by Crippen LogP contribution is -2.11. The number of hydrogen-bond acceptors (Lipinski definition) is 7. The molecule has 0 aliphatic rings. The standard InChI is InChI=1S/C22H21N5O2S/c1-13-7-5-6-8-16(13)19-25-24-18(29-19)15-11-9-14(10-12-15)17(28)23-21-27-26-20(30-21)22(2,3)4/h5-12H,1-4H3,(H,23,27,28). The van der Waals surface area contributed by atoms with E-state index in [0.717, 1.165) is 21.7 Å². The van der Waals surface area contributed by atoms with Crippen LogP contribution in [0, 0.1) is 6.92 Å². The predicted molar refractivity (Wildman–Crippen MR) is 116 cm³/mol. The van der Waals surface area contributed by atoms with Gasteiger partial charge in [0.05, 0.1) is 0 Å². The first-order valence-electron chi connectivity index (χ1n) is 9.46. The number of nitrogens with zero attached hydrogens (tertiary/aromatic N) is 4. The van der Waals surface area contributed by atoms with Gasteiger partial charge in [-0.3, -0.25) is 10.1 Å². The molecule has 2 heterocycles. The summed E-state index contributed by atoms with van der Waals surface area (Å²) in [4.78, 5) is 12.5. The maximum absolute atomic E-state index is 12.5. The minimum absolute atomic E-state index is 0.108. The lowest BCUT2D eigenvalue weighted by Gasteiger charge is -2.12. The summed E-state index contributed by atoms with van der Waals surface area (Å²) in [5, 5.41) is 20.6. The molecule has 4 rings (SSSR count). The number of rotatable bonds is 4. The molecular formula is C22H21N5O2S. The van der Waals surface area contributed by atoms with E-state index in [1.54, 1.807) is 24.3 Å². The van der Waals surface area contributed by atoms with E-state index >= 15 is 0 Å². The lowest BCUT2D eigenvalue weighted by molar-refractivity contribution is 0.102. The second-order valence-corrected chi connectivity index (χ2v) is 8.90. The molecule has 152 valence electrons. The summed E-state index contributed by atoms with van der Waals surface area (Å²) in [5.74, 6) is 0.624. The lowest BCUT2D eigenvalue weighted by atomic mass is 9.98. The van der Waals surface area contributed by atoms with Crippen LogP contribution in [0.5, 0.6) is 0 Å². The van der Waals surface area contributed by atoms with Crippen LogP contribution >= 0.6 is 11.3 Å². The summed E-state index contributed by atoms with van der Waals surface area (Å²) >= 11 is 1.38. The van der Waals surface area contributed by atoms with Crippen LogP contribution < -0.4 is 5.32 Å². The topological polar surface area (TPSA) is 93.8 Å². The van der Waals surface area contributed by atoms with E-state index in [2.05, 4.69) is 46.5 Å². The van der Waals surface area contributed by atoms with Crippen LogP contribution in [0.4, 0.5) is 5.13 Å². The van der Waals surface area contributed by atoms with E-state index in [0.29, 0.717) is 22.5 Å². The number of nitrogens with one attached hydrogen (secondary N) is 1. The Morgan fingerprint density at radius 2 is 1.63 bits per heavy atom. The van der Waals surface area contributed by atoms with Gasteiger partial charge in [-0.1, -0.05) is 50.3 Å². The molecule has 2 aromatic heterocycles. The van der Waals surface area contributed by atoms with Crippen molar-refractivity contribution in [1.29, 1.82) is 0 Å². The molecule has 8 heteroatoms. The third kappa shape index (κ3) is 4.13. The third-order valence-corrected chi connectivity index (χ3v) is 5.75. The monoisotopic (exact) mass is 419 g/mol. The maximum Gasteiger partial charge on any atom is 0.257 e. The first kappa shape index (κ1) is 19.9. The SMILES string of the molecule is Cc1ccccc1-c1nnc(-c2ccc(C(=O)Nc3nnc(C(C)(C)C)s3)cc2)o1. The molecule has 1 N–H and O–H groups in total. The van der Waals surface area contributed by atoms with Gasteiger partial charge in [0.1, 0.15) is 5.01 Å². The van der Waals surface area contributed by atoms with Gasteiger partial charge in [0.2, 0.25) is 16.9 Å². The zero-order chi connectivity index (χ0) is 21.3. The molecule has 0 aliphatic carbocycles. The number of aromatic nitrogens is 4. The van der Waals surface area contributed by atoms with Crippen molar-refractivity contribution in [3.8, 4) is 22.9 Å². The summed E-state index contributed by atoms with van der Waals surface area (Å²) in [6.45, 7) is 8.16. The fraction of sp³-hybridized carbons (Fsp3) is 0.227. The van der Waals surface area contributed by atoms with Crippen molar-refractivity contribution in [3.63, 3.8) is 0 Å². The van der Waals surface area contributed by atoms with E-state index in [1.165, 1.54) is 11.3 Å². The van der Waals surface area contributed by atoms with Crippen molar-refractivity contribution in [2.45, 2.75) is 33.1 Å². The predicted octanol–water partition coefficient (Wildman–Crippen LogP) is 5.11. The molecule has 0 saturated carbocycles. The average molecular weight is 420 g/mol. The van der Waals surface area contributed by atoms with Crippen molar-refractivity contribution in [2.24, 2.45) is 0 Å². The minimum atomic E-state index is -0.246. The number of hydrogen-bond donors (Lipinski definition) is 1. The maximum atomic E-state index is 12.5. The molecule has 0 unspecified atom stereocenters. The molecule has 4 aromatic rings. The van der Waals surface area contributed by atoms with E-state index in [9.17, 15) is 4.79 Å². The Morgan fingerprint density at radius 3 is 2.30 bits per heavy atom. The molecule has 0 fully saturated rings. The fourth-order valence-electron chi connectivity index (χ4n) is 2.77. The second-order valence-electron chi connectivity index (χ2n) is 7.92. The molecule has 0 saturated heterocycles. The van der Waals surface area contributed by atoms with Gasteiger partial charge in [0.15, 0.2) is 0 Å². The zero-order valence-corrected chi connectivity index (χ0v) is 17.9. The minimum Gasteiger partial charge on any atom is -0.416 e. The molecule has 7 nitrogen and oxygen atoms in total. The number of benzene rings is 2. The molecule has 0 spiro atoms. The van der Waals surface area contributed by atoms with Crippen LogP contribution in [0.2, 0.25) is 0 Å². The van der Waals surface area contributed by atoms with Crippen LogP contribution in [-0.4, -0.2) is 26.3 Å². The Hall–Kier alpha value is -3.39. The van der Waals surface area contributed by atoms with Crippen LogP contribution in [-0.2, 0) is 5.41 Å². The number of carbonyl (C=O) groups excluding carboxylic acids is 1. The summed E-state index contributed by atoms with van der Waals surface area (Å²) < 4.78 is 5.83. The molecule has 0 aliphatic heterocycles. The summed E-state index contributed by atoms with van der Waals surface area (Å²) in [7, 11) is 0. The highest BCUT2D eigenvalue weighted by atomic mass is 32.1. The van der Waals surface area contributed by atoms with Gasteiger partial charge in [-0.2, -0.15) is 0 Å². The number of aryl methyl sites for hydroxylation is 1. The van der Waals surface area contributed by atoms with Crippen LogP contribution in [0.15, 0.2) is 52.9 Å². The highest BCUT2D eigenvalue weighted by Crippen LogP contribution is 2.28. The van der Waals surface area contributed by atoms with E-state index in [1.807, 2.05) is 31.2 Å². The molecule has 1 amide bonds. The Morgan fingerprint density at radius 1 is 0.933 bits per heavy atom. The molecule has 0 radical (unpaired) electrons. The number of amides is 1. The second kappa shape index (κ2) is 7.79.